The van der Waals surface area contributed by atoms with Crippen LogP contribution in [0.25, 0.3) is 11.2 Å². The predicted molar refractivity (Wildman–Crippen MR) is 85.7 cm³/mol. The molecule has 6 heteroatoms. The van der Waals surface area contributed by atoms with Gasteiger partial charge in [-0.1, -0.05) is 20.3 Å². The molecule has 114 valence electrons. The summed E-state index contributed by atoms with van der Waals surface area (Å²) < 4.78 is 0. The number of H-pyrrole nitrogens is 1. The van der Waals surface area contributed by atoms with Crippen LogP contribution in [-0.2, 0) is 0 Å². The van der Waals surface area contributed by atoms with Crippen molar-refractivity contribution >= 4 is 22.9 Å². The van der Waals surface area contributed by atoms with Gasteiger partial charge in [0.1, 0.15) is 5.52 Å². The Kier molecular flexibility index (Phi) is 4.22. The minimum Gasteiger partial charge on any atom is -0.354 e. The average molecular weight is 288 g/mol. The van der Waals surface area contributed by atoms with Crippen molar-refractivity contribution in [1.29, 1.82) is 0 Å². The average Bonchev–Trinajstić information content (AvgIpc) is 3.22. The van der Waals surface area contributed by atoms with Crippen molar-refractivity contribution in [1.82, 2.24) is 19.9 Å². The molecular weight excluding hydrogens is 264 g/mol. The van der Waals surface area contributed by atoms with Crippen molar-refractivity contribution in [2.24, 2.45) is 0 Å². The SMILES string of the molecule is CCCCN(c1nc(NCCC)nc2nc[nH]c12)C1CC1. The van der Waals surface area contributed by atoms with E-state index in [0.717, 1.165) is 36.5 Å². The number of unbranched alkanes of at least 4 members (excludes halogenated alkanes) is 1. The molecule has 21 heavy (non-hydrogen) atoms. The normalized spacial score (nSPS) is 14.6. The van der Waals surface area contributed by atoms with Crippen LogP contribution in [0.1, 0.15) is 46.0 Å². The lowest BCUT2D eigenvalue weighted by Crippen LogP contribution is -2.28. The number of hydrogen-bond acceptors (Lipinski definition) is 5. The van der Waals surface area contributed by atoms with Gasteiger partial charge in [0.25, 0.3) is 0 Å². The van der Waals surface area contributed by atoms with Crippen LogP contribution in [0.15, 0.2) is 6.33 Å². The zero-order valence-electron chi connectivity index (χ0n) is 12.9. The Balaban J connectivity index is 1.95. The minimum atomic E-state index is 0.636. The Labute approximate surface area is 125 Å². The quantitative estimate of drug-likeness (QED) is 0.781. The van der Waals surface area contributed by atoms with E-state index in [1.807, 2.05) is 0 Å². The lowest BCUT2D eigenvalue weighted by Gasteiger charge is -2.24. The Morgan fingerprint density at radius 1 is 1.29 bits per heavy atom. The molecule has 0 saturated heterocycles. The fourth-order valence-electron chi connectivity index (χ4n) is 2.52. The van der Waals surface area contributed by atoms with E-state index in [4.69, 9.17) is 4.98 Å². The molecular formula is C15H24N6. The first-order valence-electron chi connectivity index (χ1n) is 8.05. The van der Waals surface area contributed by atoms with Crippen LogP contribution in [0, 0.1) is 0 Å². The number of aromatic amines is 1. The number of imidazole rings is 1. The molecule has 1 saturated carbocycles. The molecule has 0 amide bonds. The van der Waals surface area contributed by atoms with E-state index in [-0.39, 0.29) is 0 Å². The first-order valence-corrected chi connectivity index (χ1v) is 8.05. The summed E-state index contributed by atoms with van der Waals surface area (Å²) in [5.41, 5.74) is 1.71. The first kappa shape index (κ1) is 14.1. The van der Waals surface area contributed by atoms with Crippen LogP contribution in [-0.4, -0.2) is 39.1 Å². The molecule has 0 unspecified atom stereocenters. The smallest absolute Gasteiger partial charge is 0.226 e. The van der Waals surface area contributed by atoms with Gasteiger partial charge in [-0.25, -0.2) is 4.98 Å². The number of hydrogen-bond donors (Lipinski definition) is 2. The van der Waals surface area contributed by atoms with E-state index in [2.05, 4.69) is 39.0 Å². The maximum atomic E-state index is 4.76. The Hall–Kier alpha value is -1.85. The molecule has 3 rings (SSSR count). The van der Waals surface area contributed by atoms with Gasteiger partial charge in [0.05, 0.1) is 6.33 Å². The van der Waals surface area contributed by atoms with Gasteiger partial charge in [-0.15, -0.1) is 0 Å². The van der Waals surface area contributed by atoms with Crippen molar-refractivity contribution in [3.05, 3.63) is 6.33 Å². The second-order valence-electron chi connectivity index (χ2n) is 5.68. The summed E-state index contributed by atoms with van der Waals surface area (Å²) in [6.07, 6.45) is 7.67. The summed E-state index contributed by atoms with van der Waals surface area (Å²) in [6, 6.07) is 0.636. The third-order valence-electron chi connectivity index (χ3n) is 3.81. The van der Waals surface area contributed by atoms with Crippen molar-refractivity contribution in [3.63, 3.8) is 0 Å². The first-order chi connectivity index (χ1) is 10.3. The molecule has 2 heterocycles. The summed E-state index contributed by atoms with van der Waals surface area (Å²) in [7, 11) is 0. The van der Waals surface area contributed by atoms with Gasteiger partial charge in [0.15, 0.2) is 11.5 Å². The lowest BCUT2D eigenvalue weighted by atomic mass is 10.3. The van der Waals surface area contributed by atoms with Crippen molar-refractivity contribution < 1.29 is 0 Å². The predicted octanol–water partition coefficient (Wildman–Crippen LogP) is 2.94. The van der Waals surface area contributed by atoms with Gasteiger partial charge in [0, 0.05) is 19.1 Å². The molecule has 2 N–H and O–H groups in total. The van der Waals surface area contributed by atoms with Gasteiger partial charge in [0.2, 0.25) is 5.95 Å². The Morgan fingerprint density at radius 3 is 2.86 bits per heavy atom. The van der Waals surface area contributed by atoms with E-state index in [0.29, 0.717) is 12.0 Å². The maximum Gasteiger partial charge on any atom is 0.226 e. The summed E-state index contributed by atoms with van der Waals surface area (Å²) in [4.78, 5) is 19.2. The van der Waals surface area contributed by atoms with E-state index in [1.165, 1.54) is 25.7 Å². The number of nitrogens with zero attached hydrogens (tertiary/aromatic N) is 4. The van der Waals surface area contributed by atoms with Gasteiger partial charge in [-0.2, -0.15) is 9.97 Å². The fraction of sp³-hybridized carbons (Fsp3) is 0.667. The standard InChI is InChI=1S/C15H24N6/c1-3-5-9-21(11-6-7-11)14-12-13(18-10-17-12)19-15(20-14)16-8-4-2/h10-11H,3-9H2,1-2H3,(H2,16,17,18,19,20). The van der Waals surface area contributed by atoms with Crippen molar-refractivity contribution in [2.45, 2.75) is 52.0 Å². The third-order valence-corrected chi connectivity index (χ3v) is 3.81. The second kappa shape index (κ2) is 6.28. The second-order valence-corrected chi connectivity index (χ2v) is 5.68. The highest BCUT2D eigenvalue weighted by Crippen LogP contribution is 2.34. The molecule has 0 atom stereocenters. The topological polar surface area (TPSA) is 69.7 Å². The summed E-state index contributed by atoms with van der Waals surface area (Å²) in [6.45, 7) is 6.30. The van der Waals surface area contributed by atoms with E-state index in [1.54, 1.807) is 6.33 Å². The molecule has 1 aliphatic rings. The molecule has 0 aromatic carbocycles. The molecule has 0 radical (unpaired) electrons. The largest absolute Gasteiger partial charge is 0.354 e. The number of rotatable bonds is 8. The number of nitrogens with one attached hydrogen (secondary N) is 2. The monoisotopic (exact) mass is 288 g/mol. The van der Waals surface area contributed by atoms with Crippen LogP contribution in [0.2, 0.25) is 0 Å². The van der Waals surface area contributed by atoms with Crippen LogP contribution in [0.5, 0.6) is 0 Å². The highest BCUT2D eigenvalue weighted by atomic mass is 15.3. The molecule has 0 aliphatic heterocycles. The fourth-order valence-corrected chi connectivity index (χ4v) is 2.52. The van der Waals surface area contributed by atoms with E-state index < -0.39 is 0 Å². The highest BCUT2D eigenvalue weighted by Gasteiger charge is 2.31. The van der Waals surface area contributed by atoms with Crippen molar-refractivity contribution in [2.75, 3.05) is 23.3 Å². The van der Waals surface area contributed by atoms with Crippen LogP contribution in [0.3, 0.4) is 0 Å². The molecule has 1 aliphatic carbocycles. The zero-order valence-corrected chi connectivity index (χ0v) is 12.9. The van der Waals surface area contributed by atoms with Crippen LogP contribution >= 0.6 is 0 Å². The van der Waals surface area contributed by atoms with Gasteiger partial charge >= 0.3 is 0 Å². The van der Waals surface area contributed by atoms with Crippen LogP contribution in [0.4, 0.5) is 11.8 Å². The van der Waals surface area contributed by atoms with Crippen LogP contribution < -0.4 is 10.2 Å². The molecule has 0 bridgehead atoms. The molecule has 2 aromatic heterocycles. The van der Waals surface area contributed by atoms with E-state index in [9.17, 15) is 0 Å². The summed E-state index contributed by atoms with van der Waals surface area (Å²) in [5, 5.41) is 3.28. The summed E-state index contributed by atoms with van der Waals surface area (Å²) >= 11 is 0. The van der Waals surface area contributed by atoms with Crippen molar-refractivity contribution in [3.8, 4) is 0 Å². The molecule has 2 aromatic rings. The number of aromatic nitrogens is 4. The molecule has 1 fully saturated rings. The summed E-state index contributed by atoms with van der Waals surface area (Å²) in [5.74, 6) is 1.70. The third kappa shape index (κ3) is 3.09. The Morgan fingerprint density at radius 2 is 2.14 bits per heavy atom. The van der Waals surface area contributed by atoms with Gasteiger partial charge < -0.3 is 15.2 Å². The van der Waals surface area contributed by atoms with E-state index >= 15 is 0 Å². The maximum absolute atomic E-state index is 4.76. The Bertz CT molecular complexity index is 589. The van der Waals surface area contributed by atoms with Gasteiger partial charge in [-0.3, -0.25) is 0 Å². The minimum absolute atomic E-state index is 0.636. The highest BCUT2D eigenvalue weighted by molar-refractivity contribution is 5.84. The number of fused-ring (bicyclic) bond motifs is 1. The molecule has 6 nitrogen and oxygen atoms in total. The number of anilines is 2. The zero-order chi connectivity index (χ0) is 14.7. The van der Waals surface area contributed by atoms with Gasteiger partial charge in [-0.05, 0) is 25.7 Å². The lowest BCUT2D eigenvalue weighted by molar-refractivity contribution is 0.706. The molecule has 0 spiro atoms.